The number of hydrogen-bond donors (Lipinski definition) is 1. The lowest BCUT2D eigenvalue weighted by atomic mass is 10.2. The van der Waals surface area contributed by atoms with Crippen LogP contribution in [-0.4, -0.2) is 15.8 Å². The van der Waals surface area contributed by atoms with Crippen LogP contribution in [0.2, 0.25) is 0 Å². The number of rotatable bonds is 7. The molecule has 4 heteroatoms. The van der Waals surface area contributed by atoms with Gasteiger partial charge in [0.25, 0.3) is 0 Å². The molecule has 1 atom stereocenters. The van der Waals surface area contributed by atoms with Crippen LogP contribution in [0.5, 0.6) is 0 Å². The number of nitrogens with zero attached hydrogens (tertiary/aromatic N) is 2. The highest BCUT2D eigenvalue weighted by Gasteiger charge is 2.14. The molecule has 1 rings (SSSR count). The molecular formula is C14H22BrN3. The maximum atomic E-state index is 5.52. The van der Waals surface area contributed by atoms with Gasteiger partial charge < -0.3 is 0 Å². The zero-order chi connectivity index (χ0) is 13.5. The Bertz CT molecular complexity index is 417. The van der Waals surface area contributed by atoms with E-state index in [9.17, 15) is 0 Å². The van der Waals surface area contributed by atoms with Crippen molar-refractivity contribution in [2.24, 2.45) is 0 Å². The average Bonchev–Trinajstić information content (AvgIpc) is 2.70. The largest absolute Gasteiger partial charge is 0.298 e. The van der Waals surface area contributed by atoms with Crippen molar-refractivity contribution in [1.29, 1.82) is 0 Å². The molecule has 1 heterocycles. The number of hydrogen-bond acceptors (Lipinski definition) is 2. The first-order valence-corrected chi connectivity index (χ1v) is 7.40. The quantitative estimate of drug-likeness (QED) is 0.784. The lowest BCUT2D eigenvalue weighted by molar-refractivity contribution is 0.526. The maximum Gasteiger partial charge on any atom is 0.0767 e. The van der Waals surface area contributed by atoms with Crippen LogP contribution in [0.3, 0.4) is 0 Å². The van der Waals surface area contributed by atoms with Crippen molar-refractivity contribution in [2.45, 2.75) is 59.2 Å². The van der Waals surface area contributed by atoms with Gasteiger partial charge in [-0.1, -0.05) is 26.2 Å². The van der Waals surface area contributed by atoms with Gasteiger partial charge in [0, 0.05) is 13.1 Å². The van der Waals surface area contributed by atoms with E-state index in [-0.39, 0.29) is 6.04 Å². The molecular weight excluding hydrogens is 290 g/mol. The fourth-order valence-electron chi connectivity index (χ4n) is 1.94. The van der Waals surface area contributed by atoms with Crippen molar-refractivity contribution in [3.63, 3.8) is 0 Å². The first kappa shape index (κ1) is 15.3. The lowest BCUT2D eigenvalue weighted by Gasteiger charge is -2.13. The number of aromatic nitrogens is 2. The molecule has 1 unspecified atom stereocenters. The third kappa shape index (κ3) is 3.60. The van der Waals surface area contributed by atoms with Gasteiger partial charge in [0.15, 0.2) is 0 Å². The first-order valence-electron chi connectivity index (χ1n) is 6.61. The lowest BCUT2D eigenvalue weighted by Crippen LogP contribution is -2.28. The minimum absolute atomic E-state index is 0.146. The third-order valence-corrected chi connectivity index (χ3v) is 3.90. The van der Waals surface area contributed by atoms with Crippen molar-refractivity contribution < 1.29 is 0 Å². The van der Waals surface area contributed by atoms with E-state index in [1.807, 2.05) is 4.68 Å². The Balaban J connectivity index is 2.77. The molecule has 0 spiro atoms. The molecule has 0 aromatic carbocycles. The van der Waals surface area contributed by atoms with E-state index < -0.39 is 0 Å². The molecule has 0 radical (unpaired) electrons. The normalized spacial score (nSPS) is 12.4. The molecule has 0 amide bonds. The van der Waals surface area contributed by atoms with E-state index in [0.29, 0.717) is 0 Å². The molecule has 1 N–H and O–H groups in total. The summed E-state index contributed by atoms with van der Waals surface area (Å²) in [5.41, 5.74) is 2.30. The van der Waals surface area contributed by atoms with Crippen molar-refractivity contribution in [2.75, 3.05) is 0 Å². The molecule has 100 valence electrons. The second-order valence-corrected chi connectivity index (χ2v) is 5.06. The van der Waals surface area contributed by atoms with Gasteiger partial charge in [-0.15, -0.1) is 6.42 Å². The zero-order valence-electron chi connectivity index (χ0n) is 11.5. The summed E-state index contributed by atoms with van der Waals surface area (Å²) in [5, 5.41) is 7.99. The summed E-state index contributed by atoms with van der Waals surface area (Å²) >= 11 is 3.64. The third-order valence-electron chi connectivity index (χ3n) is 2.99. The Labute approximate surface area is 118 Å². The van der Waals surface area contributed by atoms with Crippen molar-refractivity contribution >= 4 is 15.9 Å². The molecule has 1 aromatic heterocycles. The summed E-state index contributed by atoms with van der Waals surface area (Å²) in [6.45, 7) is 8.01. The predicted octanol–water partition coefficient (Wildman–Crippen LogP) is 3.12. The van der Waals surface area contributed by atoms with Gasteiger partial charge in [-0.05, 0) is 35.7 Å². The topological polar surface area (TPSA) is 29.9 Å². The Morgan fingerprint density at radius 3 is 2.67 bits per heavy atom. The van der Waals surface area contributed by atoms with Crippen LogP contribution in [0, 0.1) is 12.3 Å². The molecule has 3 nitrogen and oxygen atoms in total. The molecule has 1 aromatic rings. The van der Waals surface area contributed by atoms with E-state index in [1.54, 1.807) is 0 Å². The van der Waals surface area contributed by atoms with Gasteiger partial charge in [0.05, 0.1) is 21.9 Å². The van der Waals surface area contributed by atoms with Crippen LogP contribution in [0.25, 0.3) is 0 Å². The Morgan fingerprint density at radius 2 is 2.17 bits per heavy atom. The van der Waals surface area contributed by atoms with E-state index in [2.05, 4.69) is 53.0 Å². The zero-order valence-corrected chi connectivity index (χ0v) is 13.0. The molecule has 0 aliphatic carbocycles. The number of terminal acetylenes is 1. The highest BCUT2D eigenvalue weighted by atomic mass is 79.9. The molecule has 0 bridgehead atoms. The van der Waals surface area contributed by atoms with Crippen LogP contribution in [0.15, 0.2) is 4.47 Å². The number of nitrogens with one attached hydrogen (secondary N) is 1. The van der Waals surface area contributed by atoms with E-state index in [1.165, 1.54) is 5.69 Å². The number of aryl methyl sites for hydroxylation is 2. The summed E-state index contributed by atoms with van der Waals surface area (Å²) in [7, 11) is 0. The summed E-state index contributed by atoms with van der Waals surface area (Å²) in [6.07, 6.45) is 8.56. The van der Waals surface area contributed by atoms with Crippen molar-refractivity contribution in [3.8, 4) is 12.3 Å². The van der Waals surface area contributed by atoms with E-state index in [0.717, 1.165) is 42.5 Å². The van der Waals surface area contributed by atoms with Crippen LogP contribution >= 0.6 is 15.9 Å². The fourth-order valence-corrected chi connectivity index (χ4v) is 2.64. The van der Waals surface area contributed by atoms with Crippen molar-refractivity contribution in [1.82, 2.24) is 15.1 Å². The predicted molar refractivity (Wildman–Crippen MR) is 79.3 cm³/mol. The highest BCUT2D eigenvalue weighted by Crippen LogP contribution is 2.22. The van der Waals surface area contributed by atoms with Crippen LogP contribution < -0.4 is 5.32 Å². The van der Waals surface area contributed by atoms with Gasteiger partial charge in [0.1, 0.15) is 0 Å². The van der Waals surface area contributed by atoms with Crippen LogP contribution in [0.1, 0.15) is 45.0 Å². The maximum absolute atomic E-state index is 5.52. The van der Waals surface area contributed by atoms with Crippen LogP contribution in [-0.2, 0) is 19.5 Å². The van der Waals surface area contributed by atoms with Gasteiger partial charge in [-0.2, -0.15) is 5.10 Å². The first-order chi connectivity index (χ1) is 8.67. The van der Waals surface area contributed by atoms with Gasteiger partial charge in [-0.3, -0.25) is 10.00 Å². The smallest absolute Gasteiger partial charge is 0.0767 e. The SMILES string of the molecule is C#CC(CCC)NCc1c(Br)c(CC)nn1CC. The minimum Gasteiger partial charge on any atom is -0.298 e. The molecule has 18 heavy (non-hydrogen) atoms. The summed E-state index contributed by atoms with van der Waals surface area (Å²) in [4.78, 5) is 0. The molecule has 0 aliphatic rings. The van der Waals surface area contributed by atoms with Crippen LogP contribution in [0.4, 0.5) is 0 Å². The summed E-state index contributed by atoms with van der Waals surface area (Å²) in [6, 6.07) is 0.146. The average molecular weight is 312 g/mol. The molecule has 0 saturated carbocycles. The highest BCUT2D eigenvalue weighted by molar-refractivity contribution is 9.10. The van der Waals surface area contributed by atoms with E-state index >= 15 is 0 Å². The molecule has 0 fully saturated rings. The second kappa shape index (κ2) is 7.60. The van der Waals surface area contributed by atoms with Gasteiger partial charge >= 0.3 is 0 Å². The van der Waals surface area contributed by atoms with Gasteiger partial charge in [-0.25, -0.2) is 0 Å². The standard InChI is InChI=1S/C14H22BrN3/c1-5-9-11(6-2)16-10-13-14(15)12(7-3)17-18(13)8-4/h2,11,16H,5,7-10H2,1,3-4H3. The Hall–Kier alpha value is -0.790. The Kier molecular flexibility index (Phi) is 6.45. The second-order valence-electron chi connectivity index (χ2n) is 4.27. The van der Waals surface area contributed by atoms with Crippen molar-refractivity contribution in [3.05, 3.63) is 15.9 Å². The fraction of sp³-hybridized carbons (Fsp3) is 0.643. The summed E-state index contributed by atoms with van der Waals surface area (Å²) < 4.78 is 3.15. The number of halogens is 1. The van der Waals surface area contributed by atoms with E-state index in [4.69, 9.17) is 6.42 Å². The van der Waals surface area contributed by atoms with Gasteiger partial charge in [0.2, 0.25) is 0 Å². The molecule has 0 aliphatic heterocycles. The monoisotopic (exact) mass is 311 g/mol. The summed E-state index contributed by atoms with van der Waals surface area (Å²) in [5.74, 6) is 2.79. The molecule has 0 saturated heterocycles. The Morgan fingerprint density at radius 1 is 1.44 bits per heavy atom. The minimum atomic E-state index is 0.146.